The number of nitrogens with zero attached hydrogens (tertiary/aromatic N) is 2. The summed E-state index contributed by atoms with van der Waals surface area (Å²) in [5.41, 5.74) is -1.17. The number of piperidine rings is 1. The average Bonchev–Trinajstić information content (AvgIpc) is 2.80. The molecule has 0 bridgehead atoms. The zero-order chi connectivity index (χ0) is 25.4. The van der Waals surface area contributed by atoms with Crippen LogP contribution in [0.15, 0.2) is 48.5 Å². The summed E-state index contributed by atoms with van der Waals surface area (Å²) in [4.78, 5) is 36.7. The van der Waals surface area contributed by atoms with E-state index in [1.165, 1.54) is 0 Å². The van der Waals surface area contributed by atoms with Crippen molar-refractivity contribution in [1.29, 1.82) is 0 Å². The highest BCUT2D eigenvalue weighted by Crippen LogP contribution is 2.34. The third kappa shape index (κ3) is 7.95. The average molecular weight is 493 g/mol. The fraction of sp³-hybridized carbons (Fsp3) is 0.391. The Kier molecular flexibility index (Phi) is 8.63. The maximum atomic E-state index is 12.8. The topological polar surface area (TPSA) is 117 Å². The first kappa shape index (κ1) is 25.9. The molecule has 1 heterocycles. The van der Waals surface area contributed by atoms with Crippen LogP contribution >= 0.6 is 0 Å². The molecule has 0 aliphatic carbocycles. The second-order valence-electron chi connectivity index (χ2n) is 8.20. The lowest BCUT2D eigenvalue weighted by Gasteiger charge is -2.31. The number of nitro groups is 1. The summed E-state index contributed by atoms with van der Waals surface area (Å²) in [5.74, 6) is -0.380. The van der Waals surface area contributed by atoms with E-state index in [9.17, 15) is 32.9 Å². The molecule has 1 fully saturated rings. The second kappa shape index (κ2) is 11.6. The van der Waals surface area contributed by atoms with Gasteiger partial charge in [0, 0.05) is 43.9 Å². The van der Waals surface area contributed by atoms with E-state index in [1.807, 2.05) is 35.2 Å². The lowest BCUT2D eigenvalue weighted by molar-refractivity contribution is -0.384. The first-order valence-corrected chi connectivity index (χ1v) is 11.1. The molecule has 0 radical (unpaired) electrons. The van der Waals surface area contributed by atoms with Crippen LogP contribution in [0.1, 0.15) is 24.8 Å². The normalized spacial score (nSPS) is 14.8. The molecule has 2 aromatic rings. The van der Waals surface area contributed by atoms with E-state index < -0.39 is 22.4 Å². The lowest BCUT2D eigenvalue weighted by atomic mass is 10.0. The number of anilines is 2. The highest BCUT2D eigenvalue weighted by Gasteiger charge is 2.33. The number of nitrogens with one attached hydrogen (secondary N) is 3. The number of benzene rings is 2. The van der Waals surface area contributed by atoms with Crippen LogP contribution in [0.25, 0.3) is 0 Å². The quantitative estimate of drug-likeness (QED) is 0.363. The zero-order valence-electron chi connectivity index (χ0n) is 18.8. The molecule has 3 N–H and O–H groups in total. The predicted molar refractivity (Wildman–Crippen MR) is 124 cm³/mol. The SMILES string of the molecule is O=C(CN1CCC(NC(=O)CCNc2ccc(C(F)(F)F)cc2[N+](=O)[O-])CC1)Nc1ccccc1. The zero-order valence-corrected chi connectivity index (χ0v) is 18.8. The fourth-order valence-corrected chi connectivity index (χ4v) is 3.78. The summed E-state index contributed by atoms with van der Waals surface area (Å²) in [6.45, 7) is 1.56. The van der Waals surface area contributed by atoms with Gasteiger partial charge in [-0.1, -0.05) is 18.2 Å². The first-order valence-electron chi connectivity index (χ1n) is 11.1. The van der Waals surface area contributed by atoms with Gasteiger partial charge in [0.2, 0.25) is 11.8 Å². The lowest BCUT2D eigenvalue weighted by Crippen LogP contribution is -2.46. The van der Waals surface area contributed by atoms with Crippen molar-refractivity contribution in [2.75, 3.05) is 36.8 Å². The Hall–Kier alpha value is -3.67. The van der Waals surface area contributed by atoms with E-state index in [0.717, 1.165) is 17.8 Å². The van der Waals surface area contributed by atoms with Crippen molar-refractivity contribution in [3.63, 3.8) is 0 Å². The van der Waals surface area contributed by atoms with Gasteiger partial charge in [-0.25, -0.2) is 0 Å². The summed E-state index contributed by atoms with van der Waals surface area (Å²) in [7, 11) is 0. The van der Waals surface area contributed by atoms with Gasteiger partial charge in [0.05, 0.1) is 17.0 Å². The Balaban J connectivity index is 1.39. The van der Waals surface area contributed by atoms with E-state index in [4.69, 9.17) is 0 Å². The van der Waals surface area contributed by atoms with Gasteiger partial charge in [-0.05, 0) is 37.1 Å². The number of halogens is 3. The predicted octanol–water partition coefficient (Wildman–Crippen LogP) is 3.63. The Morgan fingerprint density at radius 1 is 1.06 bits per heavy atom. The standard InChI is InChI=1S/C23H26F3N5O4/c24-23(25,26)16-6-7-19(20(14-16)31(34)35)27-11-8-21(32)28-18-9-12-30(13-10-18)15-22(33)29-17-4-2-1-3-5-17/h1-7,14,18,27H,8-13,15H2,(H,28,32)(H,29,33). The van der Waals surface area contributed by atoms with Gasteiger partial charge in [0.1, 0.15) is 5.69 Å². The van der Waals surface area contributed by atoms with E-state index in [0.29, 0.717) is 32.0 Å². The number of rotatable bonds is 9. The Labute approximate surface area is 199 Å². The molecule has 0 spiro atoms. The van der Waals surface area contributed by atoms with Gasteiger partial charge in [0.25, 0.3) is 5.69 Å². The van der Waals surface area contributed by atoms with Gasteiger partial charge in [-0.3, -0.25) is 24.6 Å². The van der Waals surface area contributed by atoms with Crippen LogP contribution in [0, 0.1) is 10.1 Å². The van der Waals surface area contributed by atoms with Crippen LogP contribution in [0.4, 0.5) is 30.2 Å². The third-order valence-electron chi connectivity index (χ3n) is 5.57. The molecule has 188 valence electrons. The highest BCUT2D eigenvalue weighted by molar-refractivity contribution is 5.92. The van der Waals surface area contributed by atoms with Gasteiger partial charge in [0.15, 0.2) is 0 Å². The van der Waals surface area contributed by atoms with Crippen LogP contribution in [-0.4, -0.2) is 53.9 Å². The molecule has 1 aliphatic heterocycles. The molecule has 0 saturated carbocycles. The second-order valence-corrected chi connectivity index (χ2v) is 8.20. The molecular weight excluding hydrogens is 467 g/mol. The molecule has 0 unspecified atom stereocenters. The van der Waals surface area contributed by atoms with Crippen molar-refractivity contribution in [1.82, 2.24) is 10.2 Å². The molecule has 0 atom stereocenters. The molecule has 1 saturated heterocycles. The van der Waals surface area contributed by atoms with Gasteiger partial charge >= 0.3 is 6.18 Å². The minimum Gasteiger partial charge on any atom is -0.379 e. The molecule has 1 aliphatic rings. The van der Waals surface area contributed by atoms with Crippen molar-refractivity contribution >= 4 is 28.9 Å². The molecule has 2 amide bonds. The number of nitro benzene ring substituents is 1. The largest absolute Gasteiger partial charge is 0.416 e. The number of carbonyl (C=O) groups excluding carboxylic acids is 2. The molecule has 12 heteroatoms. The number of amides is 2. The third-order valence-corrected chi connectivity index (χ3v) is 5.57. The van der Waals surface area contributed by atoms with Gasteiger partial charge < -0.3 is 16.0 Å². The monoisotopic (exact) mass is 493 g/mol. The number of hydrogen-bond acceptors (Lipinski definition) is 6. The Morgan fingerprint density at radius 3 is 2.37 bits per heavy atom. The molecule has 9 nitrogen and oxygen atoms in total. The van der Waals surface area contributed by atoms with Crippen molar-refractivity contribution in [2.45, 2.75) is 31.5 Å². The maximum Gasteiger partial charge on any atom is 0.416 e. The van der Waals surface area contributed by atoms with Gasteiger partial charge in [-0.2, -0.15) is 13.2 Å². The number of hydrogen-bond donors (Lipinski definition) is 3. The minimum absolute atomic E-state index is 0.00211. The molecule has 35 heavy (non-hydrogen) atoms. The number of para-hydroxylation sites is 1. The van der Waals surface area contributed by atoms with Crippen LogP contribution in [0.5, 0.6) is 0 Å². The van der Waals surface area contributed by atoms with Crippen molar-refractivity contribution in [3.8, 4) is 0 Å². The van der Waals surface area contributed by atoms with E-state index >= 15 is 0 Å². The molecule has 2 aromatic carbocycles. The summed E-state index contributed by atoms with van der Waals surface area (Å²) < 4.78 is 38.4. The maximum absolute atomic E-state index is 12.8. The Bertz CT molecular complexity index is 1040. The van der Waals surface area contributed by atoms with Crippen molar-refractivity contribution in [2.24, 2.45) is 0 Å². The fourth-order valence-electron chi connectivity index (χ4n) is 3.78. The summed E-state index contributed by atoms with van der Waals surface area (Å²) in [5, 5.41) is 19.5. The molecule has 0 aromatic heterocycles. The minimum atomic E-state index is -4.69. The summed E-state index contributed by atoms with van der Waals surface area (Å²) >= 11 is 0. The van der Waals surface area contributed by atoms with E-state index in [-0.39, 0.29) is 43.1 Å². The molecule has 3 rings (SSSR count). The summed E-state index contributed by atoms with van der Waals surface area (Å²) in [6.07, 6.45) is -3.35. The summed E-state index contributed by atoms with van der Waals surface area (Å²) in [6, 6.07) is 11.3. The Morgan fingerprint density at radius 2 is 1.74 bits per heavy atom. The van der Waals surface area contributed by atoms with Crippen LogP contribution < -0.4 is 16.0 Å². The number of alkyl halides is 3. The van der Waals surface area contributed by atoms with Crippen molar-refractivity contribution < 1.29 is 27.7 Å². The highest BCUT2D eigenvalue weighted by atomic mass is 19.4. The van der Waals surface area contributed by atoms with Gasteiger partial charge in [-0.15, -0.1) is 0 Å². The van der Waals surface area contributed by atoms with E-state index in [2.05, 4.69) is 16.0 Å². The number of likely N-dealkylation sites (tertiary alicyclic amines) is 1. The van der Waals surface area contributed by atoms with Crippen LogP contribution in [-0.2, 0) is 15.8 Å². The molecular formula is C23H26F3N5O4. The van der Waals surface area contributed by atoms with Crippen molar-refractivity contribution in [3.05, 3.63) is 64.2 Å². The van der Waals surface area contributed by atoms with E-state index in [1.54, 1.807) is 0 Å². The number of carbonyl (C=O) groups is 2. The van der Waals surface area contributed by atoms with Crippen LogP contribution in [0.2, 0.25) is 0 Å². The first-order chi connectivity index (χ1) is 16.6. The smallest absolute Gasteiger partial charge is 0.379 e. The van der Waals surface area contributed by atoms with Crippen LogP contribution in [0.3, 0.4) is 0 Å².